The lowest BCUT2D eigenvalue weighted by Gasteiger charge is -2.22. The molecule has 0 radical (unpaired) electrons. The van der Waals surface area contributed by atoms with Crippen molar-refractivity contribution in [1.82, 2.24) is 5.32 Å². The van der Waals surface area contributed by atoms with Crippen molar-refractivity contribution in [2.75, 3.05) is 36.5 Å². The SMILES string of the molecule is CCN(CC)c1ccc(NC(=O)NCCOc2ccc3c(c2)CCC3)c(C)c1. The molecule has 0 heterocycles. The van der Waals surface area contributed by atoms with Gasteiger partial charge in [-0.3, -0.25) is 0 Å². The van der Waals surface area contributed by atoms with E-state index in [1.54, 1.807) is 0 Å². The van der Waals surface area contributed by atoms with Crippen LogP contribution in [-0.4, -0.2) is 32.3 Å². The Morgan fingerprint density at radius 2 is 1.86 bits per heavy atom. The fourth-order valence-corrected chi connectivity index (χ4v) is 3.71. The van der Waals surface area contributed by atoms with E-state index in [4.69, 9.17) is 4.74 Å². The number of carbonyl (C=O) groups is 1. The fourth-order valence-electron chi connectivity index (χ4n) is 3.71. The molecule has 0 atom stereocenters. The smallest absolute Gasteiger partial charge is 0.319 e. The predicted molar refractivity (Wildman–Crippen MR) is 116 cm³/mol. The lowest BCUT2D eigenvalue weighted by atomic mass is 10.1. The van der Waals surface area contributed by atoms with Crippen LogP contribution in [0.5, 0.6) is 5.75 Å². The molecule has 28 heavy (non-hydrogen) atoms. The Morgan fingerprint density at radius 1 is 1.07 bits per heavy atom. The van der Waals surface area contributed by atoms with E-state index in [9.17, 15) is 4.79 Å². The molecule has 0 bridgehead atoms. The Morgan fingerprint density at radius 3 is 2.61 bits per heavy atom. The zero-order valence-electron chi connectivity index (χ0n) is 17.2. The van der Waals surface area contributed by atoms with Crippen molar-refractivity contribution in [3.8, 4) is 5.75 Å². The van der Waals surface area contributed by atoms with Gasteiger partial charge < -0.3 is 20.3 Å². The predicted octanol–water partition coefficient (Wildman–Crippen LogP) is 4.53. The van der Waals surface area contributed by atoms with E-state index >= 15 is 0 Å². The van der Waals surface area contributed by atoms with Crippen LogP contribution < -0.4 is 20.3 Å². The number of aryl methyl sites for hydroxylation is 3. The van der Waals surface area contributed by atoms with Crippen LogP contribution in [0.4, 0.5) is 16.2 Å². The first kappa shape index (κ1) is 20.1. The molecule has 5 nitrogen and oxygen atoms in total. The van der Waals surface area contributed by atoms with Crippen molar-refractivity contribution in [3.05, 3.63) is 53.1 Å². The van der Waals surface area contributed by atoms with Crippen LogP contribution >= 0.6 is 0 Å². The first-order valence-electron chi connectivity index (χ1n) is 10.3. The molecule has 150 valence electrons. The van der Waals surface area contributed by atoms with Gasteiger partial charge in [0.05, 0.1) is 6.54 Å². The first-order chi connectivity index (χ1) is 13.6. The number of hydrogen-bond acceptors (Lipinski definition) is 3. The highest BCUT2D eigenvalue weighted by Crippen LogP contribution is 2.26. The van der Waals surface area contributed by atoms with Crippen molar-refractivity contribution >= 4 is 17.4 Å². The van der Waals surface area contributed by atoms with E-state index in [2.05, 4.69) is 47.6 Å². The number of hydrogen-bond donors (Lipinski definition) is 2. The van der Waals surface area contributed by atoms with Crippen LogP contribution in [0, 0.1) is 6.92 Å². The standard InChI is InChI=1S/C23H31N3O2/c1-4-26(5-2)20-10-12-22(17(3)15-20)25-23(27)24-13-14-28-21-11-9-18-7-6-8-19(18)16-21/h9-12,15-16H,4-8,13-14H2,1-3H3,(H2,24,25,27). The number of urea groups is 1. The molecule has 1 aliphatic rings. The second-order valence-corrected chi connectivity index (χ2v) is 7.18. The van der Waals surface area contributed by atoms with Gasteiger partial charge in [-0.2, -0.15) is 0 Å². The molecule has 0 unspecified atom stereocenters. The summed E-state index contributed by atoms with van der Waals surface area (Å²) in [5.41, 5.74) is 5.89. The molecule has 0 spiro atoms. The van der Waals surface area contributed by atoms with Gasteiger partial charge in [-0.1, -0.05) is 6.07 Å². The molecule has 2 N–H and O–H groups in total. The van der Waals surface area contributed by atoms with E-state index in [0.29, 0.717) is 13.2 Å². The van der Waals surface area contributed by atoms with Crippen LogP contribution in [0.2, 0.25) is 0 Å². The molecular formula is C23H31N3O2. The fraction of sp³-hybridized carbons (Fsp3) is 0.435. The van der Waals surface area contributed by atoms with E-state index < -0.39 is 0 Å². The average Bonchev–Trinajstić information content (AvgIpc) is 3.16. The number of ether oxygens (including phenoxy) is 1. The lowest BCUT2D eigenvalue weighted by Crippen LogP contribution is -2.32. The summed E-state index contributed by atoms with van der Waals surface area (Å²) in [5, 5.41) is 5.78. The second-order valence-electron chi connectivity index (χ2n) is 7.18. The average molecular weight is 382 g/mol. The number of rotatable bonds is 8. The molecule has 0 aliphatic heterocycles. The van der Waals surface area contributed by atoms with E-state index in [0.717, 1.165) is 36.5 Å². The Labute approximate surface area is 168 Å². The summed E-state index contributed by atoms with van der Waals surface area (Å²) in [4.78, 5) is 14.5. The highest BCUT2D eigenvalue weighted by atomic mass is 16.5. The Bertz CT molecular complexity index is 815. The minimum Gasteiger partial charge on any atom is -0.492 e. The third-order valence-electron chi connectivity index (χ3n) is 5.31. The van der Waals surface area contributed by atoms with Crippen LogP contribution in [0.25, 0.3) is 0 Å². The van der Waals surface area contributed by atoms with Gasteiger partial charge in [-0.25, -0.2) is 4.79 Å². The molecule has 0 saturated carbocycles. The minimum absolute atomic E-state index is 0.212. The minimum atomic E-state index is -0.212. The molecule has 0 saturated heterocycles. The van der Waals surface area contributed by atoms with Gasteiger partial charge in [0, 0.05) is 24.5 Å². The molecule has 1 aliphatic carbocycles. The molecule has 0 fully saturated rings. The number of carbonyl (C=O) groups excluding carboxylic acids is 1. The van der Waals surface area contributed by atoms with Crippen molar-refractivity contribution in [3.63, 3.8) is 0 Å². The van der Waals surface area contributed by atoms with E-state index in [1.807, 2.05) is 25.1 Å². The van der Waals surface area contributed by atoms with Gasteiger partial charge in [0.1, 0.15) is 12.4 Å². The zero-order chi connectivity index (χ0) is 19.9. The third-order valence-corrected chi connectivity index (χ3v) is 5.31. The largest absolute Gasteiger partial charge is 0.492 e. The topological polar surface area (TPSA) is 53.6 Å². The number of nitrogens with zero attached hydrogens (tertiary/aromatic N) is 1. The van der Waals surface area contributed by atoms with Crippen LogP contribution in [-0.2, 0) is 12.8 Å². The summed E-state index contributed by atoms with van der Waals surface area (Å²) in [6.45, 7) is 9.14. The van der Waals surface area contributed by atoms with Crippen LogP contribution in [0.15, 0.2) is 36.4 Å². The summed E-state index contributed by atoms with van der Waals surface area (Å²) >= 11 is 0. The van der Waals surface area contributed by atoms with Crippen LogP contribution in [0.1, 0.15) is 37.0 Å². The van der Waals surface area contributed by atoms with Crippen molar-refractivity contribution < 1.29 is 9.53 Å². The summed E-state index contributed by atoms with van der Waals surface area (Å²) in [6.07, 6.45) is 3.54. The second kappa shape index (κ2) is 9.49. The summed E-state index contributed by atoms with van der Waals surface area (Å²) < 4.78 is 5.77. The number of amides is 2. The molecule has 3 rings (SSSR count). The molecular weight excluding hydrogens is 350 g/mol. The molecule has 2 amide bonds. The first-order valence-corrected chi connectivity index (χ1v) is 10.3. The monoisotopic (exact) mass is 381 g/mol. The highest BCUT2D eigenvalue weighted by Gasteiger charge is 2.11. The van der Waals surface area contributed by atoms with Crippen LogP contribution in [0.3, 0.4) is 0 Å². The number of nitrogens with one attached hydrogen (secondary N) is 2. The maximum atomic E-state index is 12.2. The molecule has 5 heteroatoms. The summed E-state index contributed by atoms with van der Waals surface area (Å²) in [7, 11) is 0. The normalized spacial score (nSPS) is 12.4. The van der Waals surface area contributed by atoms with Gasteiger partial charge in [0.15, 0.2) is 0 Å². The Hall–Kier alpha value is -2.69. The number of fused-ring (bicyclic) bond motifs is 1. The van der Waals surface area contributed by atoms with Crippen molar-refractivity contribution in [2.45, 2.75) is 40.0 Å². The van der Waals surface area contributed by atoms with E-state index in [-0.39, 0.29) is 6.03 Å². The highest BCUT2D eigenvalue weighted by molar-refractivity contribution is 5.90. The van der Waals surface area contributed by atoms with E-state index in [1.165, 1.54) is 29.7 Å². The number of anilines is 2. The lowest BCUT2D eigenvalue weighted by molar-refractivity contribution is 0.247. The zero-order valence-corrected chi connectivity index (χ0v) is 17.2. The van der Waals surface area contributed by atoms with Gasteiger partial charge in [-0.05, 0) is 87.1 Å². The van der Waals surface area contributed by atoms with Crippen molar-refractivity contribution in [2.24, 2.45) is 0 Å². The Balaban J connectivity index is 1.44. The molecule has 2 aromatic rings. The van der Waals surface area contributed by atoms with Gasteiger partial charge in [0.2, 0.25) is 0 Å². The van der Waals surface area contributed by atoms with Crippen molar-refractivity contribution in [1.29, 1.82) is 0 Å². The maximum absolute atomic E-state index is 12.2. The van der Waals surface area contributed by atoms with Gasteiger partial charge in [0.25, 0.3) is 0 Å². The maximum Gasteiger partial charge on any atom is 0.319 e. The molecule has 2 aromatic carbocycles. The quantitative estimate of drug-likeness (QED) is 0.661. The third kappa shape index (κ3) is 4.97. The number of benzene rings is 2. The van der Waals surface area contributed by atoms with Gasteiger partial charge in [-0.15, -0.1) is 0 Å². The summed E-state index contributed by atoms with van der Waals surface area (Å²) in [6, 6.07) is 12.2. The Kier molecular flexibility index (Phi) is 6.80. The summed E-state index contributed by atoms with van der Waals surface area (Å²) in [5.74, 6) is 0.880. The van der Waals surface area contributed by atoms with Gasteiger partial charge >= 0.3 is 6.03 Å². The molecule has 0 aromatic heterocycles.